The maximum Gasteiger partial charge on any atom is 0.213 e. The van der Waals surface area contributed by atoms with Crippen LogP contribution in [0.2, 0.25) is 0 Å². The molecule has 0 atom stereocenters. The zero-order valence-electron chi connectivity index (χ0n) is 10.1. The van der Waals surface area contributed by atoms with Crippen LogP contribution in [0, 0.1) is 0 Å². The molecule has 0 aromatic carbocycles. The molecule has 16 heavy (non-hydrogen) atoms. The summed E-state index contributed by atoms with van der Waals surface area (Å²) in [5.41, 5.74) is 1.19. The summed E-state index contributed by atoms with van der Waals surface area (Å²) in [6.07, 6.45) is 6.92. The fraction of sp³-hybridized carbons (Fsp3) is 0.462. The first-order chi connectivity index (χ1) is 7.86. The molecule has 3 nitrogen and oxygen atoms in total. The van der Waals surface area contributed by atoms with E-state index in [-0.39, 0.29) is 0 Å². The molecule has 0 unspecified atom stereocenters. The van der Waals surface area contributed by atoms with Gasteiger partial charge in [-0.25, -0.2) is 4.98 Å². The van der Waals surface area contributed by atoms with Crippen LogP contribution < -0.4 is 10.1 Å². The van der Waals surface area contributed by atoms with Crippen LogP contribution in [0.3, 0.4) is 0 Å². The van der Waals surface area contributed by atoms with E-state index in [2.05, 4.69) is 17.2 Å². The van der Waals surface area contributed by atoms with Gasteiger partial charge < -0.3 is 10.1 Å². The largest absolute Gasteiger partial charge is 0.473 e. The first-order valence-corrected chi connectivity index (χ1v) is 5.76. The lowest BCUT2D eigenvalue weighted by Crippen LogP contribution is -2.13. The summed E-state index contributed by atoms with van der Waals surface area (Å²) >= 11 is 0. The van der Waals surface area contributed by atoms with Crippen LogP contribution in [0.1, 0.15) is 25.8 Å². The van der Waals surface area contributed by atoms with Crippen molar-refractivity contribution in [2.24, 2.45) is 0 Å². The zero-order valence-corrected chi connectivity index (χ0v) is 10.1. The topological polar surface area (TPSA) is 34.1 Å². The van der Waals surface area contributed by atoms with Gasteiger partial charge in [-0.15, -0.1) is 0 Å². The van der Waals surface area contributed by atoms with Crippen LogP contribution in [-0.4, -0.2) is 18.1 Å². The lowest BCUT2D eigenvalue weighted by Gasteiger charge is -2.05. The van der Waals surface area contributed by atoms with E-state index < -0.39 is 0 Å². The number of pyridine rings is 1. The van der Waals surface area contributed by atoms with E-state index in [1.54, 1.807) is 0 Å². The number of aromatic nitrogens is 1. The molecule has 3 heteroatoms. The van der Waals surface area contributed by atoms with E-state index >= 15 is 0 Å². The summed E-state index contributed by atoms with van der Waals surface area (Å²) in [7, 11) is 0. The minimum absolute atomic E-state index is 0.580. The second-order valence-electron chi connectivity index (χ2n) is 3.56. The lowest BCUT2D eigenvalue weighted by atomic mass is 10.3. The molecule has 1 N–H and O–H groups in total. The molecule has 1 aromatic rings. The summed E-state index contributed by atoms with van der Waals surface area (Å²) in [6, 6.07) is 3.95. The molecule has 1 heterocycles. The van der Waals surface area contributed by atoms with Gasteiger partial charge in [0.05, 0.1) is 0 Å². The Hall–Kier alpha value is -1.35. The van der Waals surface area contributed by atoms with Crippen LogP contribution in [-0.2, 0) is 6.54 Å². The zero-order chi connectivity index (χ0) is 11.6. The first kappa shape index (κ1) is 12.7. The Morgan fingerprint density at radius 1 is 1.44 bits per heavy atom. The summed E-state index contributed by atoms with van der Waals surface area (Å²) in [4.78, 5) is 4.23. The molecular formula is C13H20N2O. The average Bonchev–Trinajstić information content (AvgIpc) is 2.32. The molecule has 0 spiro atoms. The monoisotopic (exact) mass is 220 g/mol. The highest BCUT2D eigenvalue weighted by molar-refractivity contribution is 5.17. The van der Waals surface area contributed by atoms with Crippen molar-refractivity contribution in [3.63, 3.8) is 0 Å². The summed E-state index contributed by atoms with van der Waals surface area (Å²) in [5, 5.41) is 3.33. The Morgan fingerprint density at radius 3 is 2.94 bits per heavy atom. The predicted octanol–water partition coefficient (Wildman–Crippen LogP) is 2.54. The van der Waals surface area contributed by atoms with Crippen molar-refractivity contribution in [2.45, 2.75) is 26.8 Å². The number of nitrogens with zero attached hydrogens (tertiary/aromatic N) is 1. The van der Waals surface area contributed by atoms with Gasteiger partial charge in [0.15, 0.2) is 0 Å². The van der Waals surface area contributed by atoms with Crippen LogP contribution in [0.4, 0.5) is 0 Å². The second kappa shape index (κ2) is 7.88. The Kier molecular flexibility index (Phi) is 6.26. The SMILES string of the molecule is CC=CCOc1ccc(CNCCC)cn1. The molecule has 0 aliphatic carbocycles. The maximum absolute atomic E-state index is 5.41. The third-order valence-electron chi connectivity index (χ3n) is 2.12. The summed E-state index contributed by atoms with van der Waals surface area (Å²) in [5.74, 6) is 0.678. The molecule has 0 aliphatic rings. The standard InChI is InChI=1S/C13H20N2O/c1-3-5-9-16-13-7-6-12(11-15-13)10-14-8-4-2/h3,5-7,11,14H,4,8-10H2,1-2H3. The molecule has 0 saturated carbocycles. The second-order valence-corrected chi connectivity index (χ2v) is 3.56. The van der Waals surface area contributed by atoms with Gasteiger partial charge in [0.25, 0.3) is 0 Å². The van der Waals surface area contributed by atoms with Gasteiger partial charge in [-0.1, -0.05) is 25.1 Å². The van der Waals surface area contributed by atoms with Crippen molar-refractivity contribution in [3.8, 4) is 5.88 Å². The first-order valence-electron chi connectivity index (χ1n) is 5.76. The highest BCUT2D eigenvalue weighted by Crippen LogP contribution is 2.07. The number of rotatable bonds is 7. The molecule has 0 amide bonds. The number of allylic oxidation sites excluding steroid dienone is 1. The molecule has 1 aromatic heterocycles. The molecule has 0 bridgehead atoms. The Labute approximate surface area is 97.5 Å². The third kappa shape index (κ3) is 4.94. The molecule has 0 saturated heterocycles. The van der Waals surface area contributed by atoms with Crippen molar-refractivity contribution in [2.75, 3.05) is 13.2 Å². The smallest absolute Gasteiger partial charge is 0.213 e. The Morgan fingerprint density at radius 2 is 2.31 bits per heavy atom. The molecule has 88 valence electrons. The summed E-state index contributed by atoms with van der Waals surface area (Å²) in [6.45, 7) is 6.62. The van der Waals surface area contributed by atoms with E-state index in [4.69, 9.17) is 4.74 Å². The van der Waals surface area contributed by atoms with E-state index in [1.807, 2.05) is 37.4 Å². The van der Waals surface area contributed by atoms with Gasteiger partial charge in [-0.05, 0) is 25.5 Å². The van der Waals surface area contributed by atoms with E-state index in [9.17, 15) is 0 Å². The maximum atomic E-state index is 5.41. The van der Waals surface area contributed by atoms with Gasteiger partial charge in [0.2, 0.25) is 5.88 Å². The molecule has 0 aliphatic heterocycles. The molecule has 0 fully saturated rings. The number of hydrogen-bond donors (Lipinski definition) is 1. The molecule has 1 rings (SSSR count). The lowest BCUT2D eigenvalue weighted by molar-refractivity contribution is 0.348. The third-order valence-corrected chi connectivity index (χ3v) is 2.12. The normalized spacial score (nSPS) is 10.9. The number of nitrogens with one attached hydrogen (secondary N) is 1. The number of hydrogen-bond acceptors (Lipinski definition) is 3. The van der Waals surface area contributed by atoms with Crippen LogP contribution in [0.5, 0.6) is 5.88 Å². The van der Waals surface area contributed by atoms with E-state index in [1.165, 1.54) is 5.56 Å². The van der Waals surface area contributed by atoms with E-state index in [0.29, 0.717) is 12.5 Å². The summed E-state index contributed by atoms with van der Waals surface area (Å²) < 4.78 is 5.41. The fourth-order valence-corrected chi connectivity index (χ4v) is 1.24. The van der Waals surface area contributed by atoms with Crippen molar-refractivity contribution in [1.82, 2.24) is 10.3 Å². The van der Waals surface area contributed by atoms with Gasteiger partial charge in [0, 0.05) is 18.8 Å². The predicted molar refractivity (Wildman–Crippen MR) is 66.5 cm³/mol. The van der Waals surface area contributed by atoms with Crippen molar-refractivity contribution < 1.29 is 4.74 Å². The van der Waals surface area contributed by atoms with Crippen molar-refractivity contribution in [1.29, 1.82) is 0 Å². The molecular weight excluding hydrogens is 200 g/mol. The Bertz CT molecular complexity index is 306. The highest BCUT2D eigenvalue weighted by atomic mass is 16.5. The average molecular weight is 220 g/mol. The fourth-order valence-electron chi connectivity index (χ4n) is 1.24. The van der Waals surface area contributed by atoms with E-state index in [0.717, 1.165) is 19.5 Å². The van der Waals surface area contributed by atoms with Gasteiger partial charge >= 0.3 is 0 Å². The van der Waals surface area contributed by atoms with Gasteiger partial charge in [0.1, 0.15) is 6.61 Å². The van der Waals surface area contributed by atoms with Crippen LogP contribution in [0.25, 0.3) is 0 Å². The number of ether oxygens (including phenoxy) is 1. The van der Waals surface area contributed by atoms with Gasteiger partial charge in [-0.2, -0.15) is 0 Å². The quantitative estimate of drug-likeness (QED) is 0.566. The van der Waals surface area contributed by atoms with Crippen molar-refractivity contribution >= 4 is 0 Å². The van der Waals surface area contributed by atoms with Crippen LogP contribution in [0.15, 0.2) is 30.5 Å². The minimum atomic E-state index is 0.580. The van der Waals surface area contributed by atoms with Crippen LogP contribution >= 0.6 is 0 Å². The molecule has 0 radical (unpaired) electrons. The van der Waals surface area contributed by atoms with Crippen molar-refractivity contribution in [3.05, 3.63) is 36.0 Å². The Balaban J connectivity index is 2.35. The highest BCUT2D eigenvalue weighted by Gasteiger charge is 1.95. The van der Waals surface area contributed by atoms with Gasteiger partial charge in [-0.3, -0.25) is 0 Å². The minimum Gasteiger partial charge on any atom is -0.473 e.